The van der Waals surface area contributed by atoms with Crippen molar-refractivity contribution in [2.45, 2.75) is 0 Å². The van der Waals surface area contributed by atoms with Gasteiger partial charge >= 0.3 is 0 Å². The molecule has 1 aromatic carbocycles. The first-order valence-corrected chi connectivity index (χ1v) is 6.73. The average Bonchev–Trinajstić information content (AvgIpc) is 2.88. The number of nitrogens with zero attached hydrogens (tertiary/aromatic N) is 2. The first-order valence-electron chi connectivity index (χ1n) is 5.98. The van der Waals surface area contributed by atoms with Gasteiger partial charge in [-0.1, -0.05) is 29.3 Å². The van der Waals surface area contributed by atoms with Crippen LogP contribution in [0.25, 0.3) is 5.52 Å². The molecule has 0 unspecified atom stereocenters. The minimum atomic E-state index is -0.412. The lowest BCUT2D eigenvalue weighted by Gasteiger charge is -2.08. The van der Waals surface area contributed by atoms with Gasteiger partial charge in [0.2, 0.25) is 0 Å². The Bertz CT molecular complexity index is 845. The van der Waals surface area contributed by atoms with E-state index in [1.54, 1.807) is 16.8 Å². The lowest BCUT2D eigenvalue weighted by molar-refractivity contribution is 0.102. The summed E-state index contributed by atoms with van der Waals surface area (Å²) in [5.74, 6) is -0.643. The summed E-state index contributed by atoms with van der Waals surface area (Å²) in [5, 5.41) is 16.9. The highest BCUT2D eigenvalue weighted by Gasteiger charge is 2.15. The van der Waals surface area contributed by atoms with Crippen LogP contribution in [0, 0.1) is 0 Å². The number of carbonyl (C=O) groups is 1. The van der Waals surface area contributed by atoms with Gasteiger partial charge in [-0.05, 0) is 24.3 Å². The van der Waals surface area contributed by atoms with E-state index in [1.165, 1.54) is 18.3 Å². The Morgan fingerprint density at radius 3 is 2.90 bits per heavy atom. The third kappa shape index (κ3) is 2.53. The quantitative estimate of drug-likeness (QED) is 0.709. The fourth-order valence-electron chi connectivity index (χ4n) is 1.96. The van der Waals surface area contributed by atoms with Gasteiger partial charge in [0.05, 0.1) is 28.0 Å². The van der Waals surface area contributed by atoms with Gasteiger partial charge in [-0.15, -0.1) is 0 Å². The molecule has 0 spiro atoms. The number of phenols is 1. The van der Waals surface area contributed by atoms with Crippen molar-refractivity contribution in [2.24, 2.45) is 0 Å². The van der Waals surface area contributed by atoms with Gasteiger partial charge in [-0.3, -0.25) is 4.79 Å². The fourth-order valence-corrected chi connectivity index (χ4v) is 2.45. The predicted octanol–water partition coefficient (Wildman–Crippen LogP) is 3.60. The molecule has 3 rings (SSSR count). The van der Waals surface area contributed by atoms with Crippen molar-refractivity contribution >= 4 is 40.3 Å². The molecule has 7 heteroatoms. The molecule has 0 aliphatic rings. The molecule has 0 bridgehead atoms. The number of fused-ring (bicyclic) bond motifs is 1. The van der Waals surface area contributed by atoms with E-state index < -0.39 is 5.91 Å². The monoisotopic (exact) mass is 321 g/mol. The van der Waals surface area contributed by atoms with Crippen LogP contribution >= 0.6 is 23.2 Å². The molecule has 0 radical (unpaired) electrons. The van der Waals surface area contributed by atoms with Crippen LogP contribution in [0.15, 0.2) is 42.7 Å². The topological polar surface area (TPSA) is 66.6 Å². The molecule has 2 aromatic heterocycles. The molecule has 0 aliphatic heterocycles. The normalized spacial score (nSPS) is 10.8. The summed E-state index contributed by atoms with van der Waals surface area (Å²) >= 11 is 11.7. The first kappa shape index (κ1) is 13.7. The summed E-state index contributed by atoms with van der Waals surface area (Å²) in [5.41, 5.74) is 1.18. The molecule has 0 aliphatic carbocycles. The number of hydrogen-bond acceptors (Lipinski definition) is 3. The molecule has 1 amide bonds. The van der Waals surface area contributed by atoms with Gasteiger partial charge in [0, 0.05) is 11.2 Å². The second-order valence-electron chi connectivity index (χ2n) is 4.33. The Hall–Kier alpha value is -2.24. The summed E-state index contributed by atoms with van der Waals surface area (Å²) in [6.45, 7) is 0. The molecule has 21 heavy (non-hydrogen) atoms. The van der Waals surface area contributed by atoms with Gasteiger partial charge in [0.1, 0.15) is 0 Å². The Balaban J connectivity index is 1.97. The van der Waals surface area contributed by atoms with E-state index in [4.69, 9.17) is 23.2 Å². The molecule has 5 nitrogen and oxygen atoms in total. The van der Waals surface area contributed by atoms with Gasteiger partial charge in [0.25, 0.3) is 5.91 Å². The highest BCUT2D eigenvalue weighted by molar-refractivity contribution is 6.36. The summed E-state index contributed by atoms with van der Waals surface area (Å²) in [6, 6.07) is 8.20. The maximum absolute atomic E-state index is 12.3. The molecule has 2 N–H and O–H groups in total. The largest absolute Gasteiger partial charge is 0.504 e. The number of carbonyl (C=O) groups excluding carboxylic acids is 1. The van der Waals surface area contributed by atoms with E-state index in [2.05, 4.69) is 10.4 Å². The van der Waals surface area contributed by atoms with Crippen LogP contribution in [-0.2, 0) is 0 Å². The number of anilines is 1. The zero-order valence-electron chi connectivity index (χ0n) is 10.5. The van der Waals surface area contributed by atoms with Crippen LogP contribution < -0.4 is 5.32 Å². The third-order valence-corrected chi connectivity index (χ3v) is 3.45. The lowest BCUT2D eigenvalue weighted by atomic mass is 10.2. The number of nitrogens with one attached hydrogen (secondary N) is 1. The SMILES string of the molecule is O=C(Nc1cc(Cl)cc(Cl)c1O)c1cnn2ccccc12. The summed E-state index contributed by atoms with van der Waals surface area (Å²) in [6.07, 6.45) is 3.19. The molecule has 0 fully saturated rings. The number of hydrogen-bond donors (Lipinski definition) is 2. The maximum atomic E-state index is 12.3. The Labute approximate surface area is 129 Å². The molecule has 0 saturated heterocycles. The highest BCUT2D eigenvalue weighted by atomic mass is 35.5. The average molecular weight is 322 g/mol. The van der Waals surface area contributed by atoms with Crippen LogP contribution in [0.5, 0.6) is 5.75 Å². The van der Waals surface area contributed by atoms with Crippen LogP contribution in [0.1, 0.15) is 10.4 Å². The number of aromatic nitrogens is 2. The van der Waals surface area contributed by atoms with Crippen LogP contribution in [-0.4, -0.2) is 20.6 Å². The van der Waals surface area contributed by atoms with E-state index in [9.17, 15) is 9.90 Å². The van der Waals surface area contributed by atoms with E-state index >= 15 is 0 Å². The Kier molecular flexibility index (Phi) is 3.45. The molecule has 0 atom stereocenters. The lowest BCUT2D eigenvalue weighted by Crippen LogP contribution is -2.11. The zero-order chi connectivity index (χ0) is 15.0. The first-order chi connectivity index (χ1) is 10.1. The second kappa shape index (κ2) is 5.27. The summed E-state index contributed by atoms with van der Waals surface area (Å²) < 4.78 is 1.58. The van der Waals surface area contributed by atoms with Crippen molar-refractivity contribution in [2.75, 3.05) is 5.32 Å². The molecule has 106 valence electrons. The minimum Gasteiger partial charge on any atom is -0.504 e. The van der Waals surface area contributed by atoms with Gasteiger partial charge in [0.15, 0.2) is 5.75 Å². The summed E-state index contributed by atoms with van der Waals surface area (Å²) in [4.78, 5) is 12.3. The molecular formula is C14H9Cl2N3O2. The van der Waals surface area contributed by atoms with Crippen LogP contribution in [0.4, 0.5) is 5.69 Å². The number of aromatic hydroxyl groups is 1. The smallest absolute Gasteiger partial charge is 0.259 e. The van der Waals surface area contributed by atoms with Crippen molar-refractivity contribution < 1.29 is 9.90 Å². The number of phenolic OH excluding ortho intramolecular Hbond substituents is 1. The number of pyridine rings is 1. The van der Waals surface area contributed by atoms with Gasteiger partial charge < -0.3 is 10.4 Å². The Morgan fingerprint density at radius 2 is 2.10 bits per heavy atom. The Morgan fingerprint density at radius 1 is 1.29 bits per heavy atom. The number of halogens is 2. The van der Waals surface area contributed by atoms with Crippen molar-refractivity contribution in [1.82, 2.24) is 9.61 Å². The number of benzene rings is 1. The van der Waals surface area contributed by atoms with Gasteiger partial charge in [-0.25, -0.2) is 4.52 Å². The van der Waals surface area contributed by atoms with Crippen LogP contribution in [0.2, 0.25) is 10.0 Å². The van der Waals surface area contributed by atoms with Crippen molar-refractivity contribution in [3.05, 3.63) is 58.3 Å². The van der Waals surface area contributed by atoms with Crippen molar-refractivity contribution in [3.63, 3.8) is 0 Å². The van der Waals surface area contributed by atoms with E-state index in [-0.39, 0.29) is 16.5 Å². The molecular weight excluding hydrogens is 313 g/mol. The van der Waals surface area contributed by atoms with E-state index in [0.29, 0.717) is 16.1 Å². The highest BCUT2D eigenvalue weighted by Crippen LogP contribution is 2.35. The summed E-state index contributed by atoms with van der Waals surface area (Å²) in [7, 11) is 0. The fraction of sp³-hybridized carbons (Fsp3) is 0. The third-order valence-electron chi connectivity index (χ3n) is 2.95. The minimum absolute atomic E-state index is 0.0673. The predicted molar refractivity (Wildman–Crippen MR) is 81.3 cm³/mol. The molecule has 3 aromatic rings. The molecule has 0 saturated carbocycles. The number of rotatable bonds is 2. The van der Waals surface area contributed by atoms with Gasteiger partial charge in [-0.2, -0.15) is 5.10 Å². The standard InChI is InChI=1S/C14H9Cl2N3O2/c15-8-5-10(16)13(20)11(6-8)18-14(21)9-7-17-19-4-2-1-3-12(9)19/h1-7,20H,(H,18,21). The van der Waals surface area contributed by atoms with Crippen LogP contribution in [0.3, 0.4) is 0 Å². The van der Waals surface area contributed by atoms with E-state index in [0.717, 1.165) is 0 Å². The number of amides is 1. The van der Waals surface area contributed by atoms with Crippen molar-refractivity contribution in [1.29, 1.82) is 0 Å². The van der Waals surface area contributed by atoms with Crippen molar-refractivity contribution in [3.8, 4) is 5.75 Å². The van der Waals surface area contributed by atoms with E-state index in [1.807, 2.05) is 12.1 Å². The molecule has 2 heterocycles. The zero-order valence-corrected chi connectivity index (χ0v) is 12.1. The second-order valence-corrected chi connectivity index (χ2v) is 5.17. The maximum Gasteiger partial charge on any atom is 0.259 e.